The predicted molar refractivity (Wildman–Crippen MR) is 136 cm³/mol. The smallest absolute Gasteiger partial charge is 0.278 e. The van der Waals surface area contributed by atoms with Gasteiger partial charge >= 0.3 is 0 Å². The van der Waals surface area contributed by atoms with E-state index >= 15 is 0 Å². The molecule has 0 saturated carbocycles. The van der Waals surface area contributed by atoms with E-state index in [1.807, 2.05) is 60.1 Å². The summed E-state index contributed by atoms with van der Waals surface area (Å²) in [6, 6.07) is 20.0. The Kier molecular flexibility index (Phi) is 5.96. The molecule has 0 fully saturated rings. The van der Waals surface area contributed by atoms with Crippen LogP contribution in [-0.2, 0) is 0 Å². The highest BCUT2D eigenvalue weighted by Crippen LogP contribution is 2.28. The first-order chi connectivity index (χ1) is 16.5. The van der Waals surface area contributed by atoms with E-state index in [1.165, 1.54) is 6.20 Å². The van der Waals surface area contributed by atoms with E-state index in [2.05, 4.69) is 22.9 Å². The monoisotopic (exact) mass is 486 g/mol. The molecular weight excluding hydrogens is 468 g/mol. The van der Waals surface area contributed by atoms with Gasteiger partial charge in [-0.25, -0.2) is 9.97 Å². The molecule has 1 amide bonds. The summed E-state index contributed by atoms with van der Waals surface area (Å²) in [5.74, 6) is 0.434. The summed E-state index contributed by atoms with van der Waals surface area (Å²) in [7, 11) is 0. The average Bonchev–Trinajstić information content (AvgIpc) is 3.27. The lowest BCUT2D eigenvalue weighted by Gasteiger charge is -2.12. The number of nitrogens with zero attached hydrogens (tertiary/aromatic N) is 3. The highest BCUT2D eigenvalue weighted by molar-refractivity contribution is 7.80. The molecule has 1 N–H and O–H groups in total. The zero-order chi connectivity index (χ0) is 23.7. The summed E-state index contributed by atoms with van der Waals surface area (Å²) < 4.78 is 7.88. The van der Waals surface area contributed by atoms with Gasteiger partial charge in [0.15, 0.2) is 11.4 Å². The number of aryl methyl sites for hydroxylation is 1. The number of aromatic nitrogens is 3. The summed E-state index contributed by atoms with van der Waals surface area (Å²) in [5, 5.41) is 3.47. The molecule has 0 unspecified atom stereocenters. The first-order valence-corrected chi connectivity index (χ1v) is 11.3. The number of imidazole rings is 1. The van der Waals surface area contributed by atoms with E-state index in [1.54, 1.807) is 30.3 Å². The van der Waals surface area contributed by atoms with Crippen molar-refractivity contribution in [3.8, 4) is 22.8 Å². The van der Waals surface area contributed by atoms with E-state index < -0.39 is 5.91 Å². The van der Waals surface area contributed by atoms with Crippen molar-refractivity contribution < 1.29 is 9.53 Å². The van der Waals surface area contributed by atoms with Crippen molar-refractivity contribution in [1.82, 2.24) is 14.4 Å². The maximum absolute atomic E-state index is 13.0. The lowest BCUT2D eigenvalue weighted by Crippen LogP contribution is -2.14. The molecule has 0 spiro atoms. The minimum atomic E-state index is -0.395. The molecule has 5 aromatic rings. The first-order valence-electron chi connectivity index (χ1n) is 10.4. The Morgan fingerprint density at radius 2 is 1.85 bits per heavy atom. The number of hydrogen-bond acceptors (Lipinski definition) is 5. The fourth-order valence-electron chi connectivity index (χ4n) is 3.52. The number of hydrogen-bond donors (Lipinski definition) is 2. The van der Waals surface area contributed by atoms with E-state index in [9.17, 15) is 4.79 Å². The number of fused-ring (bicyclic) bond motifs is 1. The first kappa shape index (κ1) is 22.0. The predicted octanol–water partition coefficient (Wildman–Crippen LogP) is 6.69. The molecule has 0 bridgehead atoms. The minimum Gasteiger partial charge on any atom is -0.455 e. The number of nitrogens with one attached hydrogen (secondary N) is 1. The van der Waals surface area contributed by atoms with E-state index in [0.29, 0.717) is 27.1 Å². The van der Waals surface area contributed by atoms with Crippen LogP contribution in [0.15, 0.2) is 90.2 Å². The molecule has 0 aliphatic rings. The lowest BCUT2D eigenvalue weighted by atomic mass is 10.1. The summed E-state index contributed by atoms with van der Waals surface area (Å²) in [5.41, 5.74) is 4.61. The van der Waals surface area contributed by atoms with Crippen LogP contribution < -0.4 is 10.1 Å². The normalized spacial score (nSPS) is 10.9. The van der Waals surface area contributed by atoms with E-state index in [0.717, 1.165) is 22.5 Å². The largest absolute Gasteiger partial charge is 0.455 e. The lowest BCUT2D eigenvalue weighted by molar-refractivity contribution is 0.101. The Balaban J connectivity index is 1.36. The van der Waals surface area contributed by atoms with Gasteiger partial charge in [-0.15, -0.1) is 12.6 Å². The second-order valence-corrected chi connectivity index (χ2v) is 8.63. The molecule has 0 saturated heterocycles. The van der Waals surface area contributed by atoms with Crippen molar-refractivity contribution in [2.45, 2.75) is 11.8 Å². The molecule has 0 aliphatic heterocycles. The molecular formula is C26H19ClN4O2S. The zero-order valence-electron chi connectivity index (χ0n) is 18.1. The molecule has 168 valence electrons. The van der Waals surface area contributed by atoms with E-state index in [4.69, 9.17) is 21.3 Å². The van der Waals surface area contributed by atoms with Gasteiger partial charge in [-0.2, -0.15) is 0 Å². The van der Waals surface area contributed by atoms with Gasteiger partial charge in [0.25, 0.3) is 5.91 Å². The molecule has 0 aliphatic carbocycles. The Morgan fingerprint density at radius 1 is 1.09 bits per heavy atom. The molecule has 8 heteroatoms. The number of ether oxygens (including phenoxy) is 1. The Hall–Kier alpha value is -3.81. The van der Waals surface area contributed by atoms with Crippen LogP contribution in [-0.4, -0.2) is 20.3 Å². The number of rotatable bonds is 5. The van der Waals surface area contributed by atoms with E-state index in [-0.39, 0.29) is 5.69 Å². The number of benzene rings is 2. The van der Waals surface area contributed by atoms with Crippen molar-refractivity contribution in [2.75, 3.05) is 5.32 Å². The van der Waals surface area contributed by atoms with Gasteiger partial charge in [-0.05, 0) is 61.0 Å². The average molecular weight is 487 g/mol. The molecule has 0 radical (unpaired) electrons. The quantitative estimate of drug-likeness (QED) is 0.271. The summed E-state index contributed by atoms with van der Waals surface area (Å²) in [6.45, 7) is 2.03. The Bertz CT molecular complexity index is 1500. The number of pyridine rings is 2. The Morgan fingerprint density at radius 3 is 2.59 bits per heavy atom. The number of anilines is 1. The van der Waals surface area contributed by atoms with Gasteiger partial charge in [0.05, 0.1) is 5.69 Å². The molecule has 3 heterocycles. The van der Waals surface area contributed by atoms with Crippen LogP contribution >= 0.6 is 24.2 Å². The minimum absolute atomic E-state index is 0.146. The van der Waals surface area contributed by atoms with Crippen molar-refractivity contribution in [2.24, 2.45) is 0 Å². The third-order valence-electron chi connectivity index (χ3n) is 5.21. The summed E-state index contributed by atoms with van der Waals surface area (Å²) in [4.78, 5) is 22.5. The topological polar surface area (TPSA) is 68.5 Å². The van der Waals surface area contributed by atoms with Gasteiger partial charge in [0.1, 0.15) is 11.4 Å². The number of carbonyl (C=O) groups is 1. The highest BCUT2D eigenvalue weighted by Gasteiger charge is 2.17. The zero-order valence-corrected chi connectivity index (χ0v) is 19.7. The highest BCUT2D eigenvalue weighted by atomic mass is 35.5. The molecule has 6 nitrogen and oxygen atoms in total. The molecule has 34 heavy (non-hydrogen) atoms. The number of carbonyl (C=O) groups excluding carboxylic acids is 1. The van der Waals surface area contributed by atoms with Crippen molar-refractivity contribution in [3.63, 3.8) is 0 Å². The van der Waals surface area contributed by atoms with Crippen LogP contribution in [0.4, 0.5) is 5.69 Å². The second kappa shape index (κ2) is 9.21. The number of thiol groups is 1. The van der Waals surface area contributed by atoms with Crippen molar-refractivity contribution in [1.29, 1.82) is 0 Å². The van der Waals surface area contributed by atoms with Crippen LogP contribution in [0.2, 0.25) is 5.02 Å². The van der Waals surface area contributed by atoms with Crippen LogP contribution in [0.25, 0.3) is 16.9 Å². The summed E-state index contributed by atoms with van der Waals surface area (Å²) in [6.07, 6.45) is 5.46. The fourth-order valence-corrected chi connectivity index (χ4v) is 3.82. The van der Waals surface area contributed by atoms with Gasteiger partial charge in [0, 0.05) is 39.8 Å². The van der Waals surface area contributed by atoms with Crippen LogP contribution in [0, 0.1) is 6.92 Å². The van der Waals surface area contributed by atoms with Crippen LogP contribution in [0.3, 0.4) is 0 Å². The number of amides is 1. The Labute approximate surface area is 206 Å². The summed E-state index contributed by atoms with van der Waals surface area (Å²) >= 11 is 10.3. The molecule has 0 atom stereocenters. The standard InChI is InChI=1S/C26H19ClN4O2S/c1-16-3-2-12-31-15-22(30-25(16)31)17-4-8-19(9-5-17)29-26(32)24-23(13-21(34)14-28-24)33-20-10-6-18(27)7-11-20/h2-15,34H,1H3,(H,29,32). The van der Waals surface area contributed by atoms with Crippen LogP contribution in [0.1, 0.15) is 16.1 Å². The van der Waals surface area contributed by atoms with Crippen LogP contribution in [0.5, 0.6) is 11.5 Å². The van der Waals surface area contributed by atoms with Crippen molar-refractivity contribution >= 4 is 41.5 Å². The van der Waals surface area contributed by atoms with Crippen molar-refractivity contribution in [3.05, 3.63) is 102 Å². The maximum atomic E-state index is 13.0. The fraction of sp³-hybridized carbons (Fsp3) is 0.0385. The molecule has 3 aromatic heterocycles. The maximum Gasteiger partial charge on any atom is 0.278 e. The second-order valence-electron chi connectivity index (χ2n) is 7.68. The SMILES string of the molecule is Cc1cccn2cc(-c3ccc(NC(=O)c4ncc(S)cc4Oc4ccc(Cl)cc4)cc3)nc12. The van der Waals surface area contributed by atoms with Gasteiger partial charge in [0.2, 0.25) is 0 Å². The van der Waals surface area contributed by atoms with Gasteiger partial charge in [-0.1, -0.05) is 29.8 Å². The van der Waals surface area contributed by atoms with Gasteiger partial charge < -0.3 is 14.5 Å². The van der Waals surface area contributed by atoms with Gasteiger partial charge in [-0.3, -0.25) is 4.79 Å². The molecule has 5 rings (SSSR count). The molecule has 2 aromatic carbocycles. The third kappa shape index (κ3) is 4.62. The number of halogens is 1. The third-order valence-corrected chi connectivity index (χ3v) is 5.71.